The molecule has 1 atom stereocenters. The van der Waals surface area contributed by atoms with Crippen molar-refractivity contribution in [1.29, 1.82) is 0 Å². The first-order valence-corrected chi connectivity index (χ1v) is 8.19. The van der Waals surface area contributed by atoms with Gasteiger partial charge in [0.2, 0.25) is 10.0 Å². The van der Waals surface area contributed by atoms with Gasteiger partial charge in [-0.3, -0.25) is 0 Å². The molecule has 20 heavy (non-hydrogen) atoms. The Morgan fingerprint density at radius 2 is 2.20 bits per heavy atom. The first-order valence-electron chi connectivity index (χ1n) is 5.92. The average Bonchev–Trinajstić information content (AvgIpc) is 2.37. The molecule has 0 spiro atoms. The van der Waals surface area contributed by atoms with E-state index in [-0.39, 0.29) is 27.6 Å². The molecule has 1 aromatic rings. The molecular formula is C12H17ClN2O3S2. The number of halogens is 1. The third-order valence-electron chi connectivity index (χ3n) is 2.69. The first kappa shape index (κ1) is 17.3. The van der Waals surface area contributed by atoms with Crippen molar-refractivity contribution in [1.82, 2.24) is 4.72 Å². The zero-order valence-electron chi connectivity index (χ0n) is 11.2. The summed E-state index contributed by atoms with van der Waals surface area (Å²) in [5, 5.41) is 0.116. The highest BCUT2D eigenvalue weighted by atomic mass is 35.5. The molecule has 1 rings (SSSR count). The van der Waals surface area contributed by atoms with Crippen LogP contribution in [0.2, 0.25) is 5.02 Å². The fraction of sp³-hybridized carbons (Fsp3) is 0.417. The quantitative estimate of drug-likeness (QED) is 0.740. The molecule has 5 nitrogen and oxygen atoms in total. The Hall–Kier alpha value is -0.730. The molecule has 0 amide bonds. The van der Waals surface area contributed by atoms with Gasteiger partial charge in [-0.15, -0.1) is 0 Å². The van der Waals surface area contributed by atoms with Gasteiger partial charge in [0.05, 0.1) is 11.6 Å². The van der Waals surface area contributed by atoms with Gasteiger partial charge < -0.3 is 10.5 Å². The summed E-state index contributed by atoms with van der Waals surface area (Å²) in [7, 11) is -2.25. The number of methoxy groups -OCH3 is 1. The summed E-state index contributed by atoms with van der Waals surface area (Å²) in [6.45, 7) is 2.14. The molecule has 0 aliphatic rings. The number of benzene rings is 1. The summed E-state index contributed by atoms with van der Waals surface area (Å²) < 4.78 is 32.2. The zero-order valence-corrected chi connectivity index (χ0v) is 13.6. The predicted molar refractivity (Wildman–Crippen MR) is 83.6 cm³/mol. The summed E-state index contributed by atoms with van der Waals surface area (Å²) in [5.74, 6) is 0. The fourth-order valence-electron chi connectivity index (χ4n) is 1.58. The molecule has 0 aliphatic heterocycles. The molecule has 1 unspecified atom stereocenters. The molecule has 1 aromatic carbocycles. The van der Waals surface area contributed by atoms with Crippen molar-refractivity contribution in [2.24, 2.45) is 5.73 Å². The first-order chi connectivity index (χ1) is 9.31. The highest BCUT2D eigenvalue weighted by molar-refractivity contribution is 7.89. The van der Waals surface area contributed by atoms with E-state index in [1.807, 2.05) is 6.92 Å². The number of hydrogen-bond donors (Lipinski definition) is 2. The van der Waals surface area contributed by atoms with E-state index in [2.05, 4.69) is 4.72 Å². The average molecular weight is 337 g/mol. The molecule has 0 fully saturated rings. The molecule has 3 N–H and O–H groups in total. The van der Waals surface area contributed by atoms with E-state index in [4.69, 9.17) is 34.3 Å². The van der Waals surface area contributed by atoms with Gasteiger partial charge in [0.25, 0.3) is 0 Å². The monoisotopic (exact) mass is 336 g/mol. The van der Waals surface area contributed by atoms with Crippen molar-refractivity contribution in [2.75, 3.05) is 13.7 Å². The van der Waals surface area contributed by atoms with E-state index in [1.165, 1.54) is 19.2 Å². The summed E-state index contributed by atoms with van der Waals surface area (Å²) in [6.07, 6.45) is 0.597. The van der Waals surface area contributed by atoms with Crippen molar-refractivity contribution in [3.63, 3.8) is 0 Å². The van der Waals surface area contributed by atoms with Gasteiger partial charge in [0.1, 0.15) is 9.88 Å². The second kappa shape index (κ2) is 7.33. The van der Waals surface area contributed by atoms with Gasteiger partial charge in [-0.2, -0.15) is 0 Å². The number of nitrogens with two attached hydrogens (primary N) is 1. The molecule has 0 radical (unpaired) electrons. The number of hydrogen-bond acceptors (Lipinski definition) is 4. The van der Waals surface area contributed by atoms with Crippen LogP contribution in [-0.4, -0.2) is 33.2 Å². The Morgan fingerprint density at radius 1 is 1.55 bits per heavy atom. The SMILES string of the molecule is CCC(COC)NS(=O)(=O)c1cc(C(N)=S)ccc1Cl. The molecule has 0 saturated carbocycles. The topological polar surface area (TPSA) is 81.4 Å². The van der Waals surface area contributed by atoms with Crippen molar-refractivity contribution < 1.29 is 13.2 Å². The van der Waals surface area contributed by atoms with E-state index < -0.39 is 10.0 Å². The van der Waals surface area contributed by atoms with Crippen LogP contribution in [0.4, 0.5) is 0 Å². The van der Waals surface area contributed by atoms with Gasteiger partial charge in [-0.25, -0.2) is 13.1 Å². The van der Waals surface area contributed by atoms with E-state index >= 15 is 0 Å². The van der Waals surface area contributed by atoms with Crippen LogP contribution >= 0.6 is 23.8 Å². The smallest absolute Gasteiger partial charge is 0.242 e. The third-order valence-corrected chi connectivity index (χ3v) is 4.93. The van der Waals surface area contributed by atoms with Crippen molar-refractivity contribution in [3.05, 3.63) is 28.8 Å². The molecule has 0 aliphatic carbocycles. The fourth-order valence-corrected chi connectivity index (χ4v) is 3.54. The molecule has 0 aromatic heterocycles. The van der Waals surface area contributed by atoms with Crippen LogP contribution in [-0.2, 0) is 14.8 Å². The highest BCUT2D eigenvalue weighted by Gasteiger charge is 2.22. The minimum Gasteiger partial charge on any atom is -0.389 e. The van der Waals surface area contributed by atoms with E-state index in [1.54, 1.807) is 6.07 Å². The largest absolute Gasteiger partial charge is 0.389 e. The number of ether oxygens (including phenoxy) is 1. The number of thiocarbonyl (C=S) groups is 1. The molecule has 0 heterocycles. The van der Waals surface area contributed by atoms with Crippen LogP contribution < -0.4 is 10.5 Å². The summed E-state index contributed by atoms with van der Waals surface area (Å²) in [6, 6.07) is 4.08. The standard InChI is InChI=1S/C12H17ClN2O3S2/c1-3-9(7-18-2)15-20(16,17)11-6-8(12(14)19)4-5-10(11)13/h4-6,9,15H,3,7H2,1-2H3,(H2,14,19). The predicted octanol–water partition coefficient (Wildman–Crippen LogP) is 1.68. The third kappa shape index (κ3) is 4.39. The molecule has 8 heteroatoms. The summed E-state index contributed by atoms with van der Waals surface area (Å²) >= 11 is 10.8. The van der Waals surface area contributed by atoms with E-state index in [0.29, 0.717) is 12.0 Å². The molecule has 112 valence electrons. The van der Waals surface area contributed by atoms with Crippen LogP contribution in [0.5, 0.6) is 0 Å². The van der Waals surface area contributed by atoms with E-state index in [9.17, 15) is 8.42 Å². The summed E-state index contributed by atoms with van der Waals surface area (Å²) in [4.78, 5) is 0.0704. The maximum Gasteiger partial charge on any atom is 0.242 e. The maximum atomic E-state index is 12.3. The van der Waals surface area contributed by atoms with Gasteiger partial charge in [0, 0.05) is 18.7 Å². The highest BCUT2D eigenvalue weighted by Crippen LogP contribution is 2.23. The lowest BCUT2D eigenvalue weighted by atomic mass is 10.2. The zero-order chi connectivity index (χ0) is 15.3. The lowest BCUT2D eigenvalue weighted by Crippen LogP contribution is -2.37. The van der Waals surface area contributed by atoms with Gasteiger partial charge in [-0.05, 0) is 18.6 Å². The summed E-state index contributed by atoms with van der Waals surface area (Å²) in [5.41, 5.74) is 5.95. The second-order valence-corrected chi connectivity index (χ2v) is 6.72. The minimum absolute atomic E-state index is 0.0426. The number of nitrogens with one attached hydrogen (secondary N) is 1. The molecular weight excluding hydrogens is 320 g/mol. The van der Waals surface area contributed by atoms with Crippen molar-refractivity contribution in [2.45, 2.75) is 24.3 Å². The Balaban J connectivity index is 3.14. The Labute approximate surface area is 129 Å². The van der Waals surface area contributed by atoms with Gasteiger partial charge in [-0.1, -0.05) is 36.8 Å². The minimum atomic E-state index is -3.76. The van der Waals surface area contributed by atoms with Crippen molar-refractivity contribution >= 4 is 38.8 Å². The van der Waals surface area contributed by atoms with Crippen LogP contribution in [0, 0.1) is 0 Å². The van der Waals surface area contributed by atoms with Crippen LogP contribution in [0.1, 0.15) is 18.9 Å². The Bertz CT molecular complexity index is 590. The lowest BCUT2D eigenvalue weighted by Gasteiger charge is -2.17. The number of sulfonamides is 1. The molecule has 0 bridgehead atoms. The van der Waals surface area contributed by atoms with Crippen LogP contribution in [0.15, 0.2) is 23.1 Å². The van der Waals surface area contributed by atoms with E-state index in [0.717, 1.165) is 0 Å². The lowest BCUT2D eigenvalue weighted by molar-refractivity contribution is 0.173. The maximum absolute atomic E-state index is 12.3. The van der Waals surface area contributed by atoms with Crippen molar-refractivity contribution in [3.8, 4) is 0 Å². The number of rotatable bonds is 7. The van der Waals surface area contributed by atoms with Crippen LogP contribution in [0.3, 0.4) is 0 Å². The molecule has 0 saturated heterocycles. The van der Waals surface area contributed by atoms with Crippen LogP contribution in [0.25, 0.3) is 0 Å². The van der Waals surface area contributed by atoms with Gasteiger partial charge >= 0.3 is 0 Å². The van der Waals surface area contributed by atoms with Gasteiger partial charge in [0.15, 0.2) is 0 Å². The normalized spacial score (nSPS) is 13.2. The Kier molecular flexibility index (Phi) is 6.35. The second-order valence-electron chi connectivity index (χ2n) is 4.19. The Morgan fingerprint density at radius 3 is 2.70 bits per heavy atom.